The van der Waals surface area contributed by atoms with Crippen LogP contribution in [0, 0.1) is 0 Å². The van der Waals surface area contributed by atoms with E-state index in [-0.39, 0.29) is 0 Å². The SMILES string of the molecule is C/C=C(\C)OCCn1c(CCCCCNC)nc2c(N)nc3cc(OCc4ccccc4)ccc3c21.C=CC.O=CNc1ccccc1. The Morgan fingerprint density at radius 2 is 1.69 bits per heavy atom. The highest BCUT2D eigenvalue weighted by Crippen LogP contribution is 2.32. The number of benzene rings is 3. The third kappa shape index (κ3) is 11.6. The van der Waals surface area contributed by atoms with Crippen molar-refractivity contribution in [3.8, 4) is 5.75 Å². The number of nitrogens with one attached hydrogen (secondary N) is 2. The molecule has 48 heavy (non-hydrogen) atoms. The van der Waals surface area contributed by atoms with Crippen LogP contribution in [-0.4, -0.2) is 41.1 Å². The number of unbranched alkanes of at least 4 members (excludes halogenated alkanes) is 2. The van der Waals surface area contributed by atoms with Crippen molar-refractivity contribution in [2.75, 3.05) is 31.2 Å². The van der Waals surface area contributed by atoms with Crippen LogP contribution in [0.5, 0.6) is 5.75 Å². The number of nitrogens with zero attached hydrogens (tertiary/aromatic N) is 3. The molecule has 0 unspecified atom stereocenters. The fourth-order valence-electron chi connectivity index (χ4n) is 4.95. The number of fused-ring (bicyclic) bond motifs is 3. The predicted molar refractivity (Wildman–Crippen MR) is 199 cm³/mol. The van der Waals surface area contributed by atoms with Crippen LogP contribution in [0.3, 0.4) is 0 Å². The van der Waals surface area contributed by atoms with Gasteiger partial charge in [0.2, 0.25) is 6.41 Å². The first-order valence-corrected chi connectivity index (χ1v) is 16.4. The van der Waals surface area contributed by atoms with Crippen molar-refractivity contribution in [2.45, 2.75) is 59.6 Å². The van der Waals surface area contributed by atoms with Crippen LogP contribution in [0.4, 0.5) is 11.5 Å². The van der Waals surface area contributed by atoms with Gasteiger partial charge in [0.15, 0.2) is 5.82 Å². The number of nitrogen functional groups attached to an aromatic ring is 1. The number of para-hydroxylation sites is 1. The minimum atomic E-state index is 0.443. The highest BCUT2D eigenvalue weighted by molar-refractivity contribution is 6.07. The first-order chi connectivity index (χ1) is 23.4. The second-order valence-corrected chi connectivity index (χ2v) is 11.0. The van der Waals surface area contributed by atoms with E-state index in [4.69, 9.17) is 20.2 Å². The van der Waals surface area contributed by atoms with E-state index in [2.05, 4.69) is 45.0 Å². The Morgan fingerprint density at radius 1 is 0.979 bits per heavy atom. The van der Waals surface area contributed by atoms with Gasteiger partial charge in [-0.1, -0.05) is 67.1 Å². The summed E-state index contributed by atoms with van der Waals surface area (Å²) in [4.78, 5) is 19.5. The highest BCUT2D eigenvalue weighted by atomic mass is 16.5. The van der Waals surface area contributed by atoms with Crippen molar-refractivity contribution in [2.24, 2.45) is 0 Å². The van der Waals surface area contributed by atoms with Crippen LogP contribution < -0.4 is 21.1 Å². The standard InChI is InChI=1S/C29H37N5O2.C7H7NO.C3H6/c1-4-21(2)35-18-17-34-26(13-9-6-10-16-31-3)33-27-28(34)24-15-14-23(19-25(24)32-29(27)30)36-20-22-11-7-5-8-12-22;9-6-8-7-4-2-1-3-5-7;1-3-2/h4-5,7-8,11-12,14-15,19,31H,6,9-10,13,16-18,20H2,1-3H3,(H2,30,32);1-6H,(H,8,9);3H,1H2,2H3/b21-4+;;. The summed E-state index contributed by atoms with van der Waals surface area (Å²) < 4.78 is 14.2. The third-order valence-corrected chi connectivity index (χ3v) is 7.38. The van der Waals surface area contributed by atoms with Crippen molar-refractivity contribution in [3.05, 3.63) is 115 Å². The van der Waals surface area contributed by atoms with E-state index in [1.165, 1.54) is 0 Å². The summed E-state index contributed by atoms with van der Waals surface area (Å²) >= 11 is 0. The molecule has 4 N–H and O–H groups in total. The molecule has 0 saturated heterocycles. The van der Waals surface area contributed by atoms with Gasteiger partial charge in [-0.3, -0.25) is 4.79 Å². The molecule has 0 fully saturated rings. The molecule has 2 heterocycles. The zero-order chi connectivity index (χ0) is 34.6. The fourth-order valence-corrected chi connectivity index (χ4v) is 4.95. The average molecular weight is 651 g/mol. The molecule has 2 aromatic heterocycles. The number of carbonyl (C=O) groups excluding carboxylic acids is 1. The molecule has 254 valence electrons. The molecule has 0 aliphatic carbocycles. The van der Waals surface area contributed by atoms with E-state index in [1.54, 1.807) is 6.08 Å². The second kappa shape index (κ2) is 20.9. The zero-order valence-electron chi connectivity index (χ0n) is 28.7. The van der Waals surface area contributed by atoms with Crippen LogP contribution in [0.2, 0.25) is 0 Å². The number of aryl methyl sites for hydroxylation is 1. The van der Waals surface area contributed by atoms with Gasteiger partial charge in [0.05, 0.1) is 23.3 Å². The smallest absolute Gasteiger partial charge is 0.211 e. The summed E-state index contributed by atoms with van der Waals surface area (Å²) in [5.74, 6) is 3.15. The lowest BCUT2D eigenvalue weighted by molar-refractivity contribution is -0.105. The largest absolute Gasteiger partial charge is 0.497 e. The number of pyridine rings is 1. The first-order valence-electron chi connectivity index (χ1n) is 16.4. The number of amides is 1. The monoisotopic (exact) mass is 650 g/mol. The van der Waals surface area contributed by atoms with E-state index in [9.17, 15) is 4.79 Å². The molecule has 3 aromatic carbocycles. The molecule has 0 aliphatic heterocycles. The second-order valence-electron chi connectivity index (χ2n) is 11.0. The van der Waals surface area contributed by atoms with Crippen molar-refractivity contribution in [3.63, 3.8) is 0 Å². The maximum absolute atomic E-state index is 9.86. The Kier molecular flexibility index (Phi) is 16.2. The van der Waals surface area contributed by atoms with Crippen LogP contribution in [-0.2, 0) is 29.1 Å². The molecule has 0 radical (unpaired) electrons. The quantitative estimate of drug-likeness (QED) is 0.0454. The minimum absolute atomic E-state index is 0.443. The molecule has 5 aromatic rings. The number of aromatic nitrogens is 3. The van der Waals surface area contributed by atoms with E-state index < -0.39 is 0 Å². The predicted octanol–water partition coefficient (Wildman–Crippen LogP) is 8.07. The Hall–Kier alpha value is -5.15. The lowest BCUT2D eigenvalue weighted by Gasteiger charge is -2.13. The number of rotatable bonds is 15. The number of nitrogens with two attached hydrogens (primary N) is 1. The van der Waals surface area contributed by atoms with Gasteiger partial charge < -0.3 is 30.4 Å². The molecule has 0 spiro atoms. The van der Waals surface area contributed by atoms with Gasteiger partial charge in [-0.25, -0.2) is 9.97 Å². The maximum atomic E-state index is 9.86. The number of allylic oxidation sites excluding steroid dienone is 3. The Bertz CT molecular complexity index is 1720. The summed E-state index contributed by atoms with van der Waals surface area (Å²) in [7, 11) is 1.99. The summed E-state index contributed by atoms with van der Waals surface area (Å²) in [6.45, 7) is 12.0. The first kappa shape index (κ1) is 37.3. The van der Waals surface area contributed by atoms with Gasteiger partial charge in [-0.05, 0) is 77.0 Å². The number of ether oxygens (including phenoxy) is 2. The van der Waals surface area contributed by atoms with Crippen molar-refractivity contribution in [1.29, 1.82) is 0 Å². The van der Waals surface area contributed by atoms with Gasteiger partial charge in [0.1, 0.15) is 30.3 Å². The molecule has 0 aliphatic rings. The Labute approximate surface area is 284 Å². The van der Waals surface area contributed by atoms with E-state index in [0.717, 1.165) is 82.7 Å². The van der Waals surface area contributed by atoms with Gasteiger partial charge in [0, 0.05) is 23.6 Å². The van der Waals surface area contributed by atoms with E-state index in [0.29, 0.717) is 32.0 Å². The molecule has 0 bridgehead atoms. The Morgan fingerprint density at radius 3 is 2.35 bits per heavy atom. The van der Waals surface area contributed by atoms with E-state index in [1.807, 2.05) is 94.6 Å². The summed E-state index contributed by atoms with van der Waals surface area (Å²) in [6.07, 6.45) is 8.65. The van der Waals surface area contributed by atoms with Crippen LogP contribution in [0.15, 0.2) is 103 Å². The van der Waals surface area contributed by atoms with Crippen molar-refractivity contribution >= 4 is 39.9 Å². The molecule has 9 heteroatoms. The van der Waals surface area contributed by atoms with Gasteiger partial charge in [0.25, 0.3) is 0 Å². The average Bonchev–Trinajstić information content (AvgIpc) is 3.47. The summed E-state index contributed by atoms with van der Waals surface area (Å²) in [5.41, 5.74) is 11.0. The van der Waals surface area contributed by atoms with Crippen molar-refractivity contribution < 1.29 is 14.3 Å². The summed E-state index contributed by atoms with van der Waals surface area (Å²) in [6, 6.07) is 25.4. The van der Waals surface area contributed by atoms with Crippen LogP contribution in [0.25, 0.3) is 21.9 Å². The minimum Gasteiger partial charge on any atom is -0.497 e. The summed E-state index contributed by atoms with van der Waals surface area (Å²) in [5, 5.41) is 6.76. The molecule has 0 saturated carbocycles. The number of hydrogen-bond donors (Lipinski definition) is 3. The number of anilines is 2. The lowest BCUT2D eigenvalue weighted by atomic mass is 10.1. The topological polar surface area (TPSA) is 116 Å². The van der Waals surface area contributed by atoms with Gasteiger partial charge in [-0.2, -0.15) is 0 Å². The highest BCUT2D eigenvalue weighted by Gasteiger charge is 2.18. The molecular weight excluding hydrogens is 600 g/mol. The molecule has 0 atom stereocenters. The number of imidazole rings is 1. The van der Waals surface area contributed by atoms with Crippen LogP contribution in [0.1, 0.15) is 51.4 Å². The van der Waals surface area contributed by atoms with E-state index >= 15 is 0 Å². The number of carbonyl (C=O) groups is 1. The molecule has 5 rings (SSSR count). The van der Waals surface area contributed by atoms with Gasteiger partial charge >= 0.3 is 0 Å². The van der Waals surface area contributed by atoms with Crippen molar-refractivity contribution in [1.82, 2.24) is 19.9 Å². The molecule has 1 amide bonds. The zero-order valence-corrected chi connectivity index (χ0v) is 28.7. The Balaban J connectivity index is 0.000000441. The maximum Gasteiger partial charge on any atom is 0.211 e. The van der Waals surface area contributed by atoms with Gasteiger partial charge in [-0.15, -0.1) is 6.58 Å². The fraction of sp³-hybridized carbons (Fsp3) is 0.308. The molecule has 9 nitrogen and oxygen atoms in total. The number of hydrogen-bond acceptors (Lipinski definition) is 7. The normalized spacial score (nSPS) is 10.8. The van der Waals surface area contributed by atoms with Crippen LogP contribution >= 0.6 is 0 Å². The third-order valence-electron chi connectivity index (χ3n) is 7.38. The lowest BCUT2D eigenvalue weighted by Crippen LogP contribution is -2.10. The molecular formula is C39H50N6O3.